The monoisotopic (exact) mass is 687 g/mol. The van der Waals surface area contributed by atoms with Crippen LogP contribution in [0.15, 0.2) is 103 Å². The Kier molecular flexibility index (Phi) is 8.00. The number of aromatic amines is 1. The Balaban J connectivity index is 1.25. The van der Waals surface area contributed by atoms with Gasteiger partial charge in [0.25, 0.3) is 5.91 Å². The molecule has 0 saturated carbocycles. The Morgan fingerprint density at radius 2 is 1.86 bits per heavy atom. The number of carbonyl (C=O) groups is 2. The highest BCUT2D eigenvalue weighted by Crippen LogP contribution is 2.51. The van der Waals surface area contributed by atoms with Gasteiger partial charge in [-0.2, -0.15) is 0 Å². The van der Waals surface area contributed by atoms with Crippen molar-refractivity contribution in [2.45, 2.75) is 31.8 Å². The summed E-state index contributed by atoms with van der Waals surface area (Å²) in [6.45, 7) is 2.57. The Bertz CT molecular complexity index is 2220. The van der Waals surface area contributed by atoms with E-state index < -0.39 is 0 Å². The molecule has 0 aliphatic carbocycles. The molecule has 8 nitrogen and oxygen atoms in total. The van der Waals surface area contributed by atoms with E-state index in [1.54, 1.807) is 25.3 Å². The third-order valence-electron chi connectivity index (χ3n) is 9.37. The molecule has 3 aliphatic heterocycles. The molecule has 10 heteroatoms. The third kappa shape index (κ3) is 5.58. The SMILES string of the molecule is CC(=O)N1CCCC1COc1ncccc1NC(=O)c1[nH]c2cc(Cl)cc3c2c1C1=C(c2ccccc2)C=C=CN1C3c1ccc(Cl)cc1. The van der Waals surface area contributed by atoms with Gasteiger partial charge in [0.05, 0.1) is 17.8 Å². The van der Waals surface area contributed by atoms with Crippen LogP contribution in [0.2, 0.25) is 10.0 Å². The van der Waals surface area contributed by atoms with Crippen molar-refractivity contribution in [3.63, 3.8) is 0 Å². The van der Waals surface area contributed by atoms with Crippen molar-refractivity contribution in [2.24, 2.45) is 0 Å². The van der Waals surface area contributed by atoms with Gasteiger partial charge in [-0.25, -0.2) is 4.98 Å². The van der Waals surface area contributed by atoms with Crippen LogP contribution >= 0.6 is 23.2 Å². The first-order valence-electron chi connectivity index (χ1n) is 16.2. The molecule has 0 bridgehead atoms. The van der Waals surface area contributed by atoms with E-state index in [0.29, 0.717) is 28.0 Å². The predicted molar refractivity (Wildman–Crippen MR) is 192 cm³/mol. The van der Waals surface area contributed by atoms with Gasteiger partial charge in [0, 0.05) is 58.0 Å². The molecular formula is C39H31Cl2N5O3. The molecule has 49 heavy (non-hydrogen) atoms. The molecule has 244 valence electrons. The minimum Gasteiger partial charge on any atom is -0.474 e. The van der Waals surface area contributed by atoms with Crippen LogP contribution in [-0.2, 0) is 4.79 Å². The minimum absolute atomic E-state index is 0.0248. The number of fused-ring (bicyclic) bond motifs is 2. The lowest BCUT2D eigenvalue weighted by atomic mass is 9.84. The highest BCUT2D eigenvalue weighted by Gasteiger charge is 2.39. The molecule has 3 aromatic carbocycles. The molecule has 3 aliphatic rings. The number of hydrogen-bond acceptors (Lipinski definition) is 5. The Morgan fingerprint density at radius 3 is 2.65 bits per heavy atom. The second kappa shape index (κ2) is 12.6. The number of anilines is 1. The Hall–Kier alpha value is -5.27. The quantitative estimate of drug-likeness (QED) is 0.168. The zero-order valence-corrected chi connectivity index (χ0v) is 28.1. The summed E-state index contributed by atoms with van der Waals surface area (Å²) in [5, 5.41) is 5.16. The first kappa shape index (κ1) is 31.0. The summed E-state index contributed by atoms with van der Waals surface area (Å²) >= 11 is 13.1. The van der Waals surface area contributed by atoms with Crippen LogP contribution in [0, 0.1) is 0 Å². The van der Waals surface area contributed by atoms with Crippen molar-refractivity contribution >= 4 is 62.9 Å². The number of hydrogen-bond donors (Lipinski definition) is 2. The molecule has 2 atom stereocenters. The molecule has 0 radical (unpaired) electrons. The molecule has 0 spiro atoms. The minimum atomic E-state index is -0.360. The number of amides is 2. The maximum Gasteiger partial charge on any atom is 0.272 e. The van der Waals surface area contributed by atoms with E-state index in [9.17, 15) is 9.59 Å². The maximum absolute atomic E-state index is 14.4. The van der Waals surface area contributed by atoms with E-state index >= 15 is 0 Å². The van der Waals surface area contributed by atoms with Crippen molar-refractivity contribution in [1.82, 2.24) is 19.8 Å². The lowest BCUT2D eigenvalue weighted by Gasteiger charge is -2.39. The average molecular weight is 689 g/mol. The number of nitrogens with one attached hydrogen (secondary N) is 2. The second-order valence-electron chi connectivity index (χ2n) is 12.4. The molecule has 2 aromatic heterocycles. The standard InChI is InChI=1S/C39H31Cl2N5O3/c1-23(47)45-18-6-10-28(45)22-49-39-31(12-5-17-42-39)44-38(48)35-34-33-30(20-27(41)21-32(33)43-35)36(25-13-15-26(40)16-14-25)46-19-7-11-29(37(34)46)24-8-3-2-4-9-24/h2-5,8-9,11-17,19-21,28,36,43H,6,10,18,22H2,1H3,(H,44,48). The smallest absolute Gasteiger partial charge is 0.272 e. The summed E-state index contributed by atoms with van der Waals surface area (Å²) in [7, 11) is 0. The molecule has 8 rings (SSSR count). The molecular weight excluding hydrogens is 657 g/mol. The summed E-state index contributed by atoms with van der Waals surface area (Å²) in [5.41, 5.74) is 10.4. The van der Waals surface area contributed by atoms with E-state index in [1.807, 2.05) is 71.8 Å². The van der Waals surface area contributed by atoms with Crippen LogP contribution in [0.1, 0.15) is 58.5 Å². The topological polar surface area (TPSA) is 90.6 Å². The highest BCUT2D eigenvalue weighted by atomic mass is 35.5. The first-order chi connectivity index (χ1) is 23.9. The zero-order valence-electron chi connectivity index (χ0n) is 26.5. The molecule has 1 saturated heterocycles. The number of halogens is 2. The first-order valence-corrected chi connectivity index (χ1v) is 16.9. The van der Waals surface area contributed by atoms with Gasteiger partial charge in [0.15, 0.2) is 0 Å². The number of H-pyrrole nitrogens is 1. The van der Waals surface area contributed by atoms with Crippen LogP contribution in [-0.4, -0.2) is 50.8 Å². The second-order valence-corrected chi connectivity index (χ2v) is 13.2. The number of allylic oxidation sites excluding steroid dienone is 2. The summed E-state index contributed by atoms with van der Waals surface area (Å²) < 4.78 is 6.14. The number of carbonyl (C=O) groups excluding carboxylic acids is 2. The fourth-order valence-electron chi connectivity index (χ4n) is 7.25. The van der Waals surface area contributed by atoms with Crippen LogP contribution in [0.4, 0.5) is 5.69 Å². The fraction of sp³-hybridized carbons (Fsp3) is 0.179. The van der Waals surface area contributed by atoms with Gasteiger partial charge in [-0.05, 0) is 72.0 Å². The van der Waals surface area contributed by atoms with Crippen molar-refractivity contribution < 1.29 is 14.3 Å². The predicted octanol–water partition coefficient (Wildman–Crippen LogP) is 8.47. The number of likely N-dealkylation sites (tertiary alicyclic amines) is 1. The van der Waals surface area contributed by atoms with Gasteiger partial charge in [-0.15, -0.1) is 5.73 Å². The van der Waals surface area contributed by atoms with Crippen molar-refractivity contribution in [1.29, 1.82) is 0 Å². The van der Waals surface area contributed by atoms with Crippen LogP contribution in [0.3, 0.4) is 0 Å². The number of rotatable bonds is 7. The summed E-state index contributed by atoms with van der Waals surface area (Å²) in [6, 6.07) is 24.9. The summed E-state index contributed by atoms with van der Waals surface area (Å²) in [5.74, 6) is -0.0468. The van der Waals surface area contributed by atoms with Crippen molar-refractivity contribution in [3.8, 4) is 5.88 Å². The largest absolute Gasteiger partial charge is 0.474 e. The van der Waals surface area contributed by atoms with Crippen molar-refractivity contribution in [2.75, 3.05) is 18.5 Å². The van der Waals surface area contributed by atoms with E-state index in [-0.39, 0.29) is 36.4 Å². The van der Waals surface area contributed by atoms with Gasteiger partial charge < -0.3 is 24.8 Å². The van der Waals surface area contributed by atoms with Crippen LogP contribution in [0.25, 0.3) is 22.2 Å². The van der Waals surface area contributed by atoms with E-state index in [2.05, 4.69) is 38.0 Å². The third-order valence-corrected chi connectivity index (χ3v) is 9.84. The highest BCUT2D eigenvalue weighted by molar-refractivity contribution is 6.32. The number of benzene rings is 3. The summed E-state index contributed by atoms with van der Waals surface area (Å²) in [6.07, 6.45) is 7.28. The summed E-state index contributed by atoms with van der Waals surface area (Å²) in [4.78, 5) is 38.4. The van der Waals surface area contributed by atoms with Crippen LogP contribution in [0.5, 0.6) is 5.88 Å². The average Bonchev–Trinajstić information content (AvgIpc) is 3.75. The number of pyridine rings is 1. The van der Waals surface area contributed by atoms with Gasteiger partial charge in [-0.3, -0.25) is 9.59 Å². The molecule has 2 amide bonds. The maximum atomic E-state index is 14.4. The Labute approximate surface area is 293 Å². The molecule has 5 heterocycles. The number of nitrogens with zero attached hydrogens (tertiary/aromatic N) is 3. The van der Waals surface area contributed by atoms with Crippen LogP contribution < -0.4 is 10.1 Å². The van der Waals surface area contributed by atoms with E-state index in [4.69, 9.17) is 27.9 Å². The van der Waals surface area contributed by atoms with Gasteiger partial charge >= 0.3 is 0 Å². The van der Waals surface area contributed by atoms with Crippen molar-refractivity contribution in [3.05, 3.63) is 141 Å². The zero-order chi connectivity index (χ0) is 33.6. The lowest BCUT2D eigenvalue weighted by molar-refractivity contribution is -0.130. The number of ether oxygens (including phenoxy) is 1. The molecule has 5 aromatic rings. The fourth-order valence-corrected chi connectivity index (χ4v) is 7.60. The molecule has 1 fully saturated rings. The van der Waals surface area contributed by atoms with E-state index in [0.717, 1.165) is 57.3 Å². The van der Waals surface area contributed by atoms with E-state index in [1.165, 1.54) is 0 Å². The van der Waals surface area contributed by atoms with Gasteiger partial charge in [0.2, 0.25) is 11.8 Å². The normalized spacial score (nSPS) is 17.9. The van der Waals surface area contributed by atoms with Gasteiger partial charge in [0.1, 0.15) is 18.0 Å². The number of aromatic nitrogens is 2. The van der Waals surface area contributed by atoms with Gasteiger partial charge in [-0.1, -0.05) is 65.7 Å². The lowest BCUT2D eigenvalue weighted by Crippen LogP contribution is -2.37. The molecule has 2 unspecified atom stereocenters. The Morgan fingerprint density at radius 1 is 1.04 bits per heavy atom. The molecule has 2 N–H and O–H groups in total.